The maximum absolute atomic E-state index is 12.3. The first-order valence-corrected chi connectivity index (χ1v) is 9.42. The molecule has 1 unspecified atom stereocenters. The van der Waals surface area contributed by atoms with Crippen LogP contribution in [0.2, 0.25) is 0 Å². The number of urea groups is 1. The topological polar surface area (TPSA) is 87.5 Å². The highest BCUT2D eigenvalue weighted by Crippen LogP contribution is 2.55. The molecule has 0 aromatic rings. The lowest BCUT2D eigenvalue weighted by molar-refractivity contribution is -0.131. The molecule has 24 heavy (non-hydrogen) atoms. The van der Waals surface area contributed by atoms with Crippen LogP contribution >= 0.6 is 0 Å². The molecule has 4 rings (SSSR count). The number of likely N-dealkylation sites (N-methyl/N-ethyl adjacent to an activating group) is 1. The van der Waals surface area contributed by atoms with Crippen molar-refractivity contribution in [2.45, 2.75) is 63.5 Å². The van der Waals surface area contributed by atoms with Gasteiger partial charge >= 0.3 is 6.03 Å². The quantitative estimate of drug-likeness (QED) is 0.686. The maximum Gasteiger partial charge on any atom is 0.315 e. The molecule has 0 heterocycles. The second kappa shape index (κ2) is 6.90. The number of hydrogen-bond donors (Lipinski definition) is 3. The highest BCUT2D eigenvalue weighted by atomic mass is 16.2. The van der Waals surface area contributed by atoms with Crippen LogP contribution in [-0.4, -0.2) is 48.6 Å². The van der Waals surface area contributed by atoms with Crippen molar-refractivity contribution in [2.24, 2.45) is 23.5 Å². The lowest BCUT2D eigenvalue weighted by Crippen LogP contribution is -2.61. The number of amides is 3. The lowest BCUT2D eigenvalue weighted by atomic mass is 9.53. The Hall–Kier alpha value is -1.30. The molecule has 3 amide bonds. The SMILES string of the molecule is CC(CN)N(C)C(=O)CCNC(=O)NC12CC3CC(CC(C3)C1)C2. The third kappa shape index (κ3) is 3.68. The molecule has 6 nitrogen and oxygen atoms in total. The summed E-state index contributed by atoms with van der Waals surface area (Å²) < 4.78 is 0. The second-order valence-corrected chi connectivity index (χ2v) is 8.42. The maximum atomic E-state index is 12.3. The Kier molecular flexibility index (Phi) is 5.04. The zero-order valence-corrected chi connectivity index (χ0v) is 15.0. The Morgan fingerprint density at radius 3 is 2.21 bits per heavy atom. The normalized spacial score (nSPS) is 34.7. The molecule has 1 atom stereocenters. The Morgan fingerprint density at radius 2 is 1.71 bits per heavy atom. The summed E-state index contributed by atoms with van der Waals surface area (Å²) in [5, 5.41) is 6.14. The summed E-state index contributed by atoms with van der Waals surface area (Å²) in [6.07, 6.45) is 7.83. The van der Waals surface area contributed by atoms with E-state index in [-0.39, 0.29) is 23.5 Å². The van der Waals surface area contributed by atoms with Gasteiger partial charge in [-0.1, -0.05) is 0 Å². The summed E-state index contributed by atoms with van der Waals surface area (Å²) in [5.74, 6) is 2.45. The van der Waals surface area contributed by atoms with Gasteiger partial charge < -0.3 is 21.3 Å². The molecule has 4 fully saturated rings. The summed E-state index contributed by atoms with van der Waals surface area (Å²) in [7, 11) is 1.76. The average molecular weight is 336 g/mol. The second-order valence-electron chi connectivity index (χ2n) is 8.42. The van der Waals surface area contributed by atoms with Gasteiger partial charge in [-0.2, -0.15) is 0 Å². The highest BCUT2D eigenvalue weighted by molar-refractivity contribution is 5.78. The largest absolute Gasteiger partial charge is 0.342 e. The zero-order valence-electron chi connectivity index (χ0n) is 15.0. The van der Waals surface area contributed by atoms with Gasteiger partial charge in [0.1, 0.15) is 0 Å². The van der Waals surface area contributed by atoms with E-state index in [0.29, 0.717) is 19.5 Å². The van der Waals surface area contributed by atoms with Crippen LogP contribution in [0, 0.1) is 17.8 Å². The smallest absolute Gasteiger partial charge is 0.315 e. The van der Waals surface area contributed by atoms with Gasteiger partial charge in [0.25, 0.3) is 0 Å². The first-order chi connectivity index (χ1) is 11.4. The Bertz CT molecular complexity index is 458. The molecule has 0 radical (unpaired) electrons. The van der Waals surface area contributed by atoms with Crippen molar-refractivity contribution in [3.05, 3.63) is 0 Å². The van der Waals surface area contributed by atoms with Crippen LogP contribution < -0.4 is 16.4 Å². The number of carbonyl (C=O) groups excluding carboxylic acids is 2. The fraction of sp³-hybridized carbons (Fsp3) is 0.889. The van der Waals surface area contributed by atoms with Crippen LogP contribution in [-0.2, 0) is 4.79 Å². The predicted octanol–water partition coefficient (Wildman–Crippen LogP) is 1.45. The van der Waals surface area contributed by atoms with Crippen LogP contribution in [0.5, 0.6) is 0 Å². The fourth-order valence-electron chi connectivity index (χ4n) is 5.41. The van der Waals surface area contributed by atoms with Crippen molar-refractivity contribution < 1.29 is 9.59 Å². The van der Waals surface area contributed by atoms with Crippen molar-refractivity contribution in [2.75, 3.05) is 20.1 Å². The molecule has 4 N–H and O–H groups in total. The summed E-state index contributed by atoms with van der Waals surface area (Å²) in [6, 6.07) is -0.0855. The van der Waals surface area contributed by atoms with Crippen molar-refractivity contribution in [3.63, 3.8) is 0 Å². The van der Waals surface area contributed by atoms with E-state index in [1.165, 1.54) is 19.3 Å². The molecule has 0 aromatic heterocycles. The fourth-order valence-corrected chi connectivity index (χ4v) is 5.41. The third-order valence-corrected chi connectivity index (χ3v) is 6.44. The standard InChI is InChI=1S/C18H32N4O2/c1-12(11-19)22(2)16(23)3-4-20-17(24)21-18-8-13-5-14(9-18)7-15(6-13)10-18/h12-15H,3-11,19H2,1-2H3,(H2,20,21,24). The number of rotatable bonds is 6. The summed E-state index contributed by atoms with van der Waals surface area (Å²) in [4.78, 5) is 26.0. The van der Waals surface area contributed by atoms with Crippen molar-refractivity contribution in [1.82, 2.24) is 15.5 Å². The molecule has 0 saturated heterocycles. The van der Waals surface area contributed by atoms with Crippen LogP contribution in [0.3, 0.4) is 0 Å². The summed E-state index contributed by atoms with van der Waals surface area (Å²) in [5.41, 5.74) is 5.60. The van der Waals surface area contributed by atoms with E-state index in [2.05, 4.69) is 10.6 Å². The van der Waals surface area contributed by atoms with Gasteiger partial charge in [0, 0.05) is 38.1 Å². The van der Waals surface area contributed by atoms with Gasteiger partial charge in [0.05, 0.1) is 0 Å². The molecule has 0 aliphatic heterocycles. The van der Waals surface area contributed by atoms with Crippen LogP contribution in [0.4, 0.5) is 4.79 Å². The van der Waals surface area contributed by atoms with Crippen LogP contribution in [0.15, 0.2) is 0 Å². The first kappa shape index (κ1) is 17.5. The minimum Gasteiger partial charge on any atom is -0.342 e. The first-order valence-electron chi connectivity index (χ1n) is 9.42. The number of carbonyl (C=O) groups is 2. The van der Waals surface area contributed by atoms with Gasteiger partial charge in [0.2, 0.25) is 5.91 Å². The molecule has 4 aliphatic carbocycles. The molecule has 0 spiro atoms. The monoisotopic (exact) mass is 336 g/mol. The Morgan fingerprint density at radius 1 is 1.17 bits per heavy atom. The molecular weight excluding hydrogens is 304 g/mol. The molecular formula is C18H32N4O2. The van der Waals surface area contributed by atoms with Gasteiger partial charge in [0.15, 0.2) is 0 Å². The number of nitrogens with zero attached hydrogens (tertiary/aromatic N) is 1. The predicted molar refractivity (Wildman–Crippen MR) is 93.3 cm³/mol. The molecule has 0 aromatic carbocycles. The molecule has 4 bridgehead atoms. The molecule has 4 saturated carbocycles. The van der Waals surface area contributed by atoms with E-state index in [1.54, 1.807) is 11.9 Å². The zero-order chi connectivity index (χ0) is 17.3. The van der Waals surface area contributed by atoms with E-state index >= 15 is 0 Å². The van der Waals surface area contributed by atoms with Crippen molar-refractivity contribution >= 4 is 11.9 Å². The minimum atomic E-state index is -0.112. The van der Waals surface area contributed by atoms with Gasteiger partial charge in [-0.25, -0.2) is 4.79 Å². The van der Waals surface area contributed by atoms with Crippen LogP contribution in [0.1, 0.15) is 51.9 Å². The molecule has 136 valence electrons. The van der Waals surface area contributed by atoms with E-state index < -0.39 is 0 Å². The van der Waals surface area contributed by atoms with Gasteiger partial charge in [-0.3, -0.25) is 4.79 Å². The number of nitrogens with two attached hydrogens (primary N) is 1. The van der Waals surface area contributed by atoms with Crippen LogP contribution in [0.25, 0.3) is 0 Å². The Balaban J connectivity index is 1.43. The third-order valence-electron chi connectivity index (χ3n) is 6.44. The number of hydrogen-bond acceptors (Lipinski definition) is 3. The van der Waals surface area contributed by atoms with E-state index in [1.807, 2.05) is 6.92 Å². The number of nitrogens with one attached hydrogen (secondary N) is 2. The average Bonchev–Trinajstić information content (AvgIpc) is 2.51. The van der Waals surface area contributed by atoms with E-state index in [9.17, 15) is 9.59 Å². The van der Waals surface area contributed by atoms with E-state index in [4.69, 9.17) is 5.73 Å². The molecule has 4 aliphatic rings. The van der Waals surface area contributed by atoms with Gasteiger partial charge in [-0.05, 0) is 63.2 Å². The molecule has 6 heteroatoms. The van der Waals surface area contributed by atoms with Crippen molar-refractivity contribution in [3.8, 4) is 0 Å². The minimum absolute atomic E-state index is 0.0167. The highest BCUT2D eigenvalue weighted by Gasteiger charge is 2.51. The lowest BCUT2D eigenvalue weighted by Gasteiger charge is -2.56. The Labute approximate surface area is 144 Å². The summed E-state index contributed by atoms with van der Waals surface area (Å²) in [6.45, 7) is 2.74. The summed E-state index contributed by atoms with van der Waals surface area (Å²) >= 11 is 0. The van der Waals surface area contributed by atoms with Gasteiger partial charge in [-0.15, -0.1) is 0 Å². The van der Waals surface area contributed by atoms with E-state index in [0.717, 1.165) is 37.0 Å². The van der Waals surface area contributed by atoms with Crippen molar-refractivity contribution in [1.29, 1.82) is 0 Å².